The van der Waals surface area contributed by atoms with Crippen LogP contribution in [0.2, 0.25) is 0 Å². The predicted molar refractivity (Wildman–Crippen MR) is 98.2 cm³/mol. The van der Waals surface area contributed by atoms with Crippen LogP contribution in [0.25, 0.3) is 0 Å². The van der Waals surface area contributed by atoms with Crippen molar-refractivity contribution in [2.45, 2.75) is 33.2 Å². The summed E-state index contributed by atoms with van der Waals surface area (Å²) in [5.41, 5.74) is 1.31. The lowest BCUT2D eigenvalue weighted by molar-refractivity contribution is -0.124. The van der Waals surface area contributed by atoms with Crippen LogP contribution in [0.3, 0.4) is 0 Å². The summed E-state index contributed by atoms with van der Waals surface area (Å²) >= 11 is 0. The Labute approximate surface area is 157 Å². The fraction of sp³-hybridized carbons (Fsp3) is 0.333. The first-order chi connectivity index (χ1) is 12.8. The zero-order valence-electron chi connectivity index (χ0n) is 15.6. The third kappa shape index (κ3) is 5.88. The van der Waals surface area contributed by atoms with Gasteiger partial charge < -0.3 is 10.1 Å². The van der Waals surface area contributed by atoms with Crippen molar-refractivity contribution < 1.29 is 23.1 Å². The number of ether oxygens (including phenoxy) is 1. The van der Waals surface area contributed by atoms with Gasteiger partial charge in [-0.2, -0.15) is 0 Å². The molecule has 0 unspecified atom stereocenters. The van der Waals surface area contributed by atoms with Crippen molar-refractivity contribution in [3.63, 3.8) is 0 Å². The van der Waals surface area contributed by atoms with Crippen molar-refractivity contribution in [1.82, 2.24) is 5.32 Å². The molecular weight excluding hydrogens is 352 g/mol. The third-order valence-electron chi connectivity index (χ3n) is 4.00. The molecule has 0 aliphatic heterocycles. The van der Waals surface area contributed by atoms with Crippen molar-refractivity contribution in [2.75, 3.05) is 6.61 Å². The van der Waals surface area contributed by atoms with Gasteiger partial charge in [0.15, 0.2) is 6.61 Å². The lowest BCUT2D eigenvalue weighted by Gasteiger charge is -2.15. The highest BCUT2D eigenvalue weighted by atomic mass is 19.1. The number of esters is 1. The zero-order valence-corrected chi connectivity index (χ0v) is 15.6. The number of carbonyl (C=O) groups excluding carboxylic acids is 2. The number of carbonyl (C=O) groups is 2. The van der Waals surface area contributed by atoms with E-state index in [1.807, 2.05) is 24.3 Å². The summed E-state index contributed by atoms with van der Waals surface area (Å²) in [7, 11) is 0. The lowest BCUT2D eigenvalue weighted by Crippen LogP contribution is -2.31. The molecule has 0 radical (unpaired) electrons. The highest BCUT2D eigenvalue weighted by Gasteiger charge is 2.20. The average molecular weight is 375 g/mol. The third-order valence-corrected chi connectivity index (χ3v) is 4.00. The molecule has 1 atom stereocenters. The SMILES string of the molecule is CC(C)Cc1ccc([C@H](C)NC(=O)COC(=O)c2c(F)cccc2F)cc1. The van der Waals surface area contributed by atoms with Gasteiger partial charge >= 0.3 is 5.97 Å². The summed E-state index contributed by atoms with van der Waals surface area (Å²) in [5, 5.41) is 2.69. The van der Waals surface area contributed by atoms with Crippen molar-refractivity contribution in [1.29, 1.82) is 0 Å². The molecule has 2 rings (SSSR count). The number of halogens is 2. The van der Waals surface area contributed by atoms with Gasteiger partial charge in [-0.25, -0.2) is 13.6 Å². The first kappa shape index (κ1) is 20.6. The molecular formula is C21H23F2NO3. The Morgan fingerprint density at radius 3 is 2.15 bits per heavy atom. The van der Waals surface area contributed by atoms with E-state index in [0.29, 0.717) is 5.92 Å². The lowest BCUT2D eigenvalue weighted by atomic mass is 10.00. The minimum atomic E-state index is -1.22. The fourth-order valence-electron chi connectivity index (χ4n) is 2.68. The molecule has 1 amide bonds. The van der Waals surface area contributed by atoms with Crippen molar-refractivity contribution >= 4 is 11.9 Å². The van der Waals surface area contributed by atoms with Gasteiger partial charge in [0.25, 0.3) is 5.91 Å². The first-order valence-corrected chi connectivity index (χ1v) is 8.77. The van der Waals surface area contributed by atoms with E-state index < -0.39 is 35.7 Å². The van der Waals surface area contributed by atoms with E-state index in [9.17, 15) is 18.4 Å². The van der Waals surface area contributed by atoms with Crippen LogP contribution < -0.4 is 5.32 Å². The zero-order chi connectivity index (χ0) is 20.0. The van der Waals surface area contributed by atoms with Gasteiger partial charge in [-0.1, -0.05) is 44.2 Å². The highest BCUT2D eigenvalue weighted by molar-refractivity contribution is 5.91. The van der Waals surface area contributed by atoms with E-state index in [2.05, 4.69) is 19.2 Å². The van der Waals surface area contributed by atoms with E-state index in [1.54, 1.807) is 6.92 Å². The Balaban J connectivity index is 1.88. The molecule has 2 aromatic carbocycles. The molecule has 0 heterocycles. The molecule has 2 aromatic rings. The van der Waals surface area contributed by atoms with E-state index in [1.165, 1.54) is 5.56 Å². The molecule has 4 nitrogen and oxygen atoms in total. The summed E-state index contributed by atoms with van der Waals surface area (Å²) in [5.74, 6) is -3.28. The molecule has 0 saturated carbocycles. The predicted octanol–water partition coefficient (Wildman–Crippen LogP) is 4.20. The fourth-order valence-corrected chi connectivity index (χ4v) is 2.68. The summed E-state index contributed by atoms with van der Waals surface area (Å²) in [6.07, 6.45) is 0.976. The molecule has 6 heteroatoms. The van der Waals surface area contributed by atoms with Gasteiger partial charge in [0.05, 0.1) is 6.04 Å². The Bertz CT molecular complexity index is 783. The summed E-state index contributed by atoms with van der Waals surface area (Å²) in [6.45, 7) is 5.46. The molecule has 0 spiro atoms. The van der Waals surface area contributed by atoms with Crippen LogP contribution in [0.4, 0.5) is 8.78 Å². The molecule has 0 saturated heterocycles. The number of hydrogen-bond acceptors (Lipinski definition) is 3. The smallest absolute Gasteiger partial charge is 0.344 e. The highest BCUT2D eigenvalue weighted by Crippen LogP contribution is 2.16. The van der Waals surface area contributed by atoms with Crippen molar-refractivity contribution in [3.05, 3.63) is 70.8 Å². The Hall–Kier alpha value is -2.76. The number of rotatable bonds is 7. The second-order valence-corrected chi connectivity index (χ2v) is 6.80. The molecule has 0 aliphatic rings. The second kappa shape index (κ2) is 9.26. The number of benzene rings is 2. The minimum absolute atomic E-state index is 0.297. The van der Waals surface area contributed by atoms with Crippen LogP contribution in [-0.2, 0) is 16.0 Å². The summed E-state index contributed by atoms with van der Waals surface area (Å²) < 4.78 is 31.8. The second-order valence-electron chi connectivity index (χ2n) is 6.80. The van der Waals surface area contributed by atoms with Crippen LogP contribution in [-0.4, -0.2) is 18.5 Å². The van der Waals surface area contributed by atoms with Crippen molar-refractivity contribution in [3.8, 4) is 0 Å². The topological polar surface area (TPSA) is 55.4 Å². The quantitative estimate of drug-likeness (QED) is 0.738. The molecule has 1 N–H and O–H groups in total. The number of amides is 1. The molecule has 27 heavy (non-hydrogen) atoms. The monoisotopic (exact) mass is 375 g/mol. The summed E-state index contributed by atoms with van der Waals surface area (Å²) in [6, 6.07) is 10.6. The maximum Gasteiger partial charge on any atom is 0.344 e. The number of nitrogens with one attached hydrogen (secondary N) is 1. The maximum absolute atomic E-state index is 13.5. The largest absolute Gasteiger partial charge is 0.452 e. The van der Waals surface area contributed by atoms with Crippen LogP contribution >= 0.6 is 0 Å². The first-order valence-electron chi connectivity index (χ1n) is 8.77. The van der Waals surface area contributed by atoms with Gasteiger partial charge in [-0.15, -0.1) is 0 Å². The van der Waals surface area contributed by atoms with Crippen LogP contribution in [0.1, 0.15) is 48.3 Å². The standard InChI is InChI=1S/C21H23F2NO3/c1-13(2)11-15-7-9-16(10-8-15)14(3)24-19(25)12-27-21(26)20-17(22)5-4-6-18(20)23/h4-10,13-14H,11-12H2,1-3H3,(H,24,25)/t14-/m0/s1. The van der Waals surface area contributed by atoms with E-state index in [4.69, 9.17) is 4.74 Å². The van der Waals surface area contributed by atoms with E-state index in [0.717, 1.165) is 30.2 Å². The average Bonchev–Trinajstić information content (AvgIpc) is 2.60. The Morgan fingerprint density at radius 2 is 1.59 bits per heavy atom. The number of hydrogen-bond donors (Lipinski definition) is 1. The normalized spacial score (nSPS) is 11.9. The Kier molecular flexibility index (Phi) is 7.05. The molecule has 0 aromatic heterocycles. The van der Waals surface area contributed by atoms with Gasteiger partial charge in [0.2, 0.25) is 0 Å². The molecule has 0 aliphatic carbocycles. The maximum atomic E-state index is 13.5. The van der Waals surface area contributed by atoms with Crippen molar-refractivity contribution in [2.24, 2.45) is 5.92 Å². The Morgan fingerprint density at radius 1 is 1.00 bits per heavy atom. The van der Waals surface area contributed by atoms with E-state index in [-0.39, 0.29) is 6.04 Å². The minimum Gasteiger partial charge on any atom is -0.452 e. The molecule has 0 bridgehead atoms. The van der Waals surface area contributed by atoms with Gasteiger partial charge in [0, 0.05) is 0 Å². The van der Waals surface area contributed by atoms with Gasteiger partial charge in [0.1, 0.15) is 17.2 Å². The molecule has 144 valence electrons. The van der Waals surface area contributed by atoms with Crippen LogP contribution in [0, 0.1) is 17.6 Å². The van der Waals surface area contributed by atoms with Gasteiger partial charge in [-0.05, 0) is 42.5 Å². The van der Waals surface area contributed by atoms with E-state index >= 15 is 0 Å². The van der Waals surface area contributed by atoms with Gasteiger partial charge in [-0.3, -0.25) is 4.79 Å². The van der Waals surface area contributed by atoms with Crippen LogP contribution in [0.15, 0.2) is 42.5 Å². The summed E-state index contributed by atoms with van der Waals surface area (Å²) in [4.78, 5) is 23.8. The molecule has 0 fully saturated rings. The van der Waals surface area contributed by atoms with Crippen LogP contribution in [0.5, 0.6) is 0 Å².